The van der Waals surface area contributed by atoms with Gasteiger partial charge in [0.05, 0.1) is 33.5 Å². The molecule has 1 fully saturated rings. The van der Waals surface area contributed by atoms with Gasteiger partial charge in [-0.15, -0.1) is 0 Å². The molecule has 1 saturated heterocycles. The Hall–Kier alpha value is -1.95. The summed E-state index contributed by atoms with van der Waals surface area (Å²) in [5.41, 5.74) is 2.44. The van der Waals surface area contributed by atoms with Gasteiger partial charge in [0, 0.05) is 11.2 Å². The topological polar surface area (TPSA) is 57.7 Å². The molecule has 0 radical (unpaired) electrons. The average molecular weight is 350 g/mol. The number of aromatic nitrogens is 1. The molecule has 2 aromatic rings. The number of esters is 1. The summed E-state index contributed by atoms with van der Waals surface area (Å²) in [5.74, 6) is -0.427. The molecule has 0 amide bonds. The van der Waals surface area contributed by atoms with Gasteiger partial charge in [-0.05, 0) is 35.7 Å². The van der Waals surface area contributed by atoms with Gasteiger partial charge in [-0.3, -0.25) is 0 Å². The number of benzene rings is 1. The summed E-state index contributed by atoms with van der Waals surface area (Å²) < 4.78 is 14.5. The lowest BCUT2D eigenvalue weighted by atomic mass is 10.1. The maximum Gasteiger partial charge on any atom is 0.356 e. The zero-order valence-electron chi connectivity index (χ0n) is 13.5. The zero-order chi connectivity index (χ0) is 17.2. The number of halogens is 1. The standard InChI is InChI=1S/C14H12ClNO2.C4H8O2/c1-18-14(17)13-6-5-11(9-16-13)7-10-3-2-4-12(15)8-10;1-2-6-4-3-5-1/h2-6,8-9H,7H2,1H3;1-4H2. The Kier molecular flexibility index (Phi) is 7.68. The molecule has 0 spiro atoms. The van der Waals surface area contributed by atoms with E-state index >= 15 is 0 Å². The van der Waals surface area contributed by atoms with E-state index in [1.165, 1.54) is 7.11 Å². The third-order valence-electron chi connectivity index (χ3n) is 3.26. The Morgan fingerprint density at radius 1 is 1.12 bits per heavy atom. The highest BCUT2D eigenvalue weighted by molar-refractivity contribution is 6.30. The average Bonchev–Trinajstić information content (AvgIpc) is 2.64. The maximum atomic E-state index is 11.2. The molecule has 1 aromatic carbocycles. The van der Waals surface area contributed by atoms with Crippen molar-refractivity contribution < 1.29 is 19.0 Å². The van der Waals surface area contributed by atoms with E-state index in [0.29, 0.717) is 10.7 Å². The molecular weight excluding hydrogens is 330 g/mol. The van der Waals surface area contributed by atoms with E-state index in [0.717, 1.165) is 44.0 Å². The van der Waals surface area contributed by atoms with Crippen molar-refractivity contribution in [3.05, 3.63) is 64.4 Å². The molecule has 0 bridgehead atoms. The van der Waals surface area contributed by atoms with E-state index in [1.807, 2.05) is 30.3 Å². The molecule has 0 saturated carbocycles. The monoisotopic (exact) mass is 349 g/mol. The number of hydrogen-bond acceptors (Lipinski definition) is 5. The first kappa shape index (κ1) is 18.4. The molecule has 6 heteroatoms. The molecule has 0 aliphatic carbocycles. The fraction of sp³-hybridized carbons (Fsp3) is 0.333. The summed E-state index contributed by atoms with van der Waals surface area (Å²) >= 11 is 5.92. The van der Waals surface area contributed by atoms with Crippen molar-refractivity contribution in [3.63, 3.8) is 0 Å². The van der Waals surface area contributed by atoms with Gasteiger partial charge in [-0.1, -0.05) is 29.8 Å². The van der Waals surface area contributed by atoms with Crippen molar-refractivity contribution >= 4 is 17.6 Å². The Bertz CT molecular complexity index is 630. The molecule has 5 nitrogen and oxygen atoms in total. The molecule has 3 rings (SSSR count). The van der Waals surface area contributed by atoms with E-state index < -0.39 is 5.97 Å². The largest absolute Gasteiger partial charge is 0.464 e. The van der Waals surface area contributed by atoms with Crippen LogP contribution in [0.5, 0.6) is 0 Å². The van der Waals surface area contributed by atoms with Crippen LogP contribution in [0.4, 0.5) is 0 Å². The highest BCUT2D eigenvalue weighted by atomic mass is 35.5. The number of methoxy groups -OCH3 is 1. The van der Waals surface area contributed by atoms with Gasteiger partial charge in [0.2, 0.25) is 0 Å². The van der Waals surface area contributed by atoms with Crippen LogP contribution in [0.3, 0.4) is 0 Å². The summed E-state index contributed by atoms with van der Waals surface area (Å²) in [7, 11) is 1.34. The number of carbonyl (C=O) groups excluding carboxylic acids is 1. The van der Waals surface area contributed by atoms with Crippen molar-refractivity contribution in [2.45, 2.75) is 6.42 Å². The first-order valence-corrected chi connectivity index (χ1v) is 8.00. The Labute approximate surface area is 146 Å². The predicted octanol–water partition coefficient (Wildman–Crippen LogP) is 3.15. The maximum absolute atomic E-state index is 11.2. The van der Waals surface area contributed by atoms with Crippen molar-refractivity contribution in [1.82, 2.24) is 4.98 Å². The number of hydrogen-bond donors (Lipinski definition) is 0. The lowest BCUT2D eigenvalue weighted by molar-refractivity contribution is -0.0334. The minimum atomic E-state index is -0.427. The minimum Gasteiger partial charge on any atom is -0.464 e. The Morgan fingerprint density at radius 3 is 2.33 bits per heavy atom. The molecule has 2 heterocycles. The molecule has 1 aliphatic rings. The van der Waals surface area contributed by atoms with Crippen LogP contribution in [0.25, 0.3) is 0 Å². The summed E-state index contributed by atoms with van der Waals surface area (Å²) in [6, 6.07) is 11.2. The molecule has 1 aliphatic heterocycles. The predicted molar refractivity (Wildman–Crippen MR) is 91.5 cm³/mol. The van der Waals surface area contributed by atoms with Crippen molar-refractivity contribution in [2.75, 3.05) is 33.5 Å². The molecular formula is C18H20ClNO4. The molecule has 0 unspecified atom stereocenters. The SMILES string of the molecule is C1COCCO1.COC(=O)c1ccc(Cc2cccc(Cl)c2)cn1. The number of pyridine rings is 1. The van der Waals surface area contributed by atoms with E-state index in [9.17, 15) is 4.79 Å². The molecule has 0 atom stereocenters. The highest BCUT2D eigenvalue weighted by Crippen LogP contribution is 2.14. The van der Waals surface area contributed by atoms with Gasteiger partial charge in [0.25, 0.3) is 0 Å². The second kappa shape index (κ2) is 10.0. The summed E-state index contributed by atoms with van der Waals surface area (Å²) in [5, 5.41) is 0.714. The van der Waals surface area contributed by atoms with E-state index in [-0.39, 0.29) is 0 Å². The highest BCUT2D eigenvalue weighted by Gasteiger charge is 2.06. The van der Waals surface area contributed by atoms with Gasteiger partial charge in [-0.2, -0.15) is 0 Å². The molecule has 24 heavy (non-hydrogen) atoms. The van der Waals surface area contributed by atoms with Crippen LogP contribution in [0.1, 0.15) is 21.6 Å². The second-order valence-electron chi connectivity index (χ2n) is 5.07. The smallest absolute Gasteiger partial charge is 0.356 e. The van der Waals surface area contributed by atoms with Gasteiger partial charge >= 0.3 is 5.97 Å². The van der Waals surface area contributed by atoms with Crippen LogP contribution in [0.15, 0.2) is 42.6 Å². The van der Waals surface area contributed by atoms with Crippen molar-refractivity contribution in [3.8, 4) is 0 Å². The number of rotatable bonds is 3. The van der Waals surface area contributed by atoms with Crippen LogP contribution >= 0.6 is 11.6 Å². The van der Waals surface area contributed by atoms with Crippen molar-refractivity contribution in [2.24, 2.45) is 0 Å². The number of carbonyl (C=O) groups is 1. The van der Waals surface area contributed by atoms with Crippen LogP contribution in [0, 0.1) is 0 Å². The second-order valence-corrected chi connectivity index (χ2v) is 5.51. The third kappa shape index (κ3) is 6.28. The minimum absolute atomic E-state index is 0.312. The quantitative estimate of drug-likeness (QED) is 0.797. The first-order valence-electron chi connectivity index (χ1n) is 7.62. The normalized spacial score (nSPS) is 13.6. The third-order valence-corrected chi connectivity index (χ3v) is 3.50. The zero-order valence-corrected chi connectivity index (χ0v) is 14.3. The fourth-order valence-electron chi connectivity index (χ4n) is 2.08. The van der Waals surface area contributed by atoms with E-state index in [2.05, 4.69) is 9.72 Å². The number of nitrogens with zero attached hydrogens (tertiary/aromatic N) is 1. The summed E-state index contributed by atoms with van der Waals surface area (Å²) in [6.45, 7) is 3.11. The summed E-state index contributed by atoms with van der Waals surface area (Å²) in [6.07, 6.45) is 2.40. The van der Waals surface area contributed by atoms with Crippen molar-refractivity contribution in [1.29, 1.82) is 0 Å². The van der Waals surface area contributed by atoms with Crippen LogP contribution in [-0.2, 0) is 20.6 Å². The van der Waals surface area contributed by atoms with Gasteiger partial charge < -0.3 is 14.2 Å². The van der Waals surface area contributed by atoms with Gasteiger partial charge in [0.15, 0.2) is 0 Å². The lowest BCUT2D eigenvalue weighted by Crippen LogP contribution is -2.16. The lowest BCUT2D eigenvalue weighted by Gasteiger charge is -2.09. The fourth-order valence-corrected chi connectivity index (χ4v) is 2.29. The first-order chi connectivity index (χ1) is 11.7. The van der Waals surface area contributed by atoms with Gasteiger partial charge in [-0.25, -0.2) is 9.78 Å². The van der Waals surface area contributed by atoms with E-state index in [4.69, 9.17) is 21.1 Å². The van der Waals surface area contributed by atoms with Gasteiger partial charge in [0.1, 0.15) is 5.69 Å². The number of ether oxygens (including phenoxy) is 3. The van der Waals surface area contributed by atoms with Crippen LogP contribution < -0.4 is 0 Å². The molecule has 0 N–H and O–H groups in total. The summed E-state index contributed by atoms with van der Waals surface area (Å²) in [4.78, 5) is 15.3. The Morgan fingerprint density at radius 2 is 1.83 bits per heavy atom. The van der Waals surface area contributed by atoms with Crippen LogP contribution in [0.2, 0.25) is 5.02 Å². The van der Waals surface area contributed by atoms with Crippen LogP contribution in [-0.4, -0.2) is 44.5 Å². The molecule has 128 valence electrons. The Balaban J connectivity index is 0.000000292. The molecule has 1 aromatic heterocycles. The van der Waals surface area contributed by atoms with E-state index in [1.54, 1.807) is 12.3 Å².